The SMILES string of the molecule is Cc1cc(NCc2ccccc2O)nn1CC(C)C.Cl. The summed E-state index contributed by atoms with van der Waals surface area (Å²) in [6, 6.07) is 9.36. The molecule has 0 saturated heterocycles. The van der Waals surface area contributed by atoms with Crippen LogP contribution in [0.1, 0.15) is 25.1 Å². The number of rotatable bonds is 5. The van der Waals surface area contributed by atoms with Gasteiger partial charge in [0.15, 0.2) is 0 Å². The number of hydrogen-bond acceptors (Lipinski definition) is 3. The van der Waals surface area contributed by atoms with Gasteiger partial charge in [0.05, 0.1) is 0 Å². The minimum Gasteiger partial charge on any atom is -0.508 e. The van der Waals surface area contributed by atoms with Gasteiger partial charge in [0.25, 0.3) is 0 Å². The molecule has 0 fully saturated rings. The summed E-state index contributed by atoms with van der Waals surface area (Å²) in [5.41, 5.74) is 2.02. The number of benzene rings is 1. The Kier molecular flexibility index (Phi) is 5.89. The average Bonchev–Trinajstić information content (AvgIpc) is 2.68. The van der Waals surface area contributed by atoms with E-state index < -0.39 is 0 Å². The summed E-state index contributed by atoms with van der Waals surface area (Å²) >= 11 is 0. The lowest BCUT2D eigenvalue weighted by molar-refractivity contribution is 0.468. The first kappa shape index (κ1) is 16.4. The van der Waals surface area contributed by atoms with Crippen molar-refractivity contribution in [3.8, 4) is 5.75 Å². The average molecular weight is 296 g/mol. The molecule has 1 aromatic carbocycles. The van der Waals surface area contributed by atoms with Crippen LogP contribution in [0.3, 0.4) is 0 Å². The van der Waals surface area contributed by atoms with E-state index in [1.54, 1.807) is 6.07 Å². The number of halogens is 1. The molecule has 0 aliphatic rings. The van der Waals surface area contributed by atoms with Gasteiger partial charge < -0.3 is 10.4 Å². The Labute approximate surface area is 126 Å². The van der Waals surface area contributed by atoms with E-state index >= 15 is 0 Å². The Hall–Kier alpha value is -1.68. The molecule has 2 rings (SSSR count). The number of phenols is 1. The molecule has 1 heterocycles. The van der Waals surface area contributed by atoms with Gasteiger partial charge in [-0.3, -0.25) is 4.68 Å². The molecule has 0 aliphatic heterocycles. The lowest BCUT2D eigenvalue weighted by atomic mass is 10.2. The number of nitrogens with one attached hydrogen (secondary N) is 1. The largest absolute Gasteiger partial charge is 0.508 e. The molecule has 0 bridgehead atoms. The fraction of sp³-hybridized carbons (Fsp3) is 0.400. The molecule has 1 aromatic heterocycles. The van der Waals surface area contributed by atoms with E-state index in [-0.39, 0.29) is 12.4 Å². The van der Waals surface area contributed by atoms with E-state index in [0.29, 0.717) is 18.2 Å². The van der Waals surface area contributed by atoms with Crippen molar-refractivity contribution in [2.24, 2.45) is 5.92 Å². The second kappa shape index (κ2) is 7.20. The van der Waals surface area contributed by atoms with E-state index in [1.165, 1.54) is 0 Å². The zero-order valence-corrected chi connectivity index (χ0v) is 12.9. The van der Waals surface area contributed by atoms with Crippen LogP contribution in [0.4, 0.5) is 5.82 Å². The van der Waals surface area contributed by atoms with Gasteiger partial charge in [-0.15, -0.1) is 12.4 Å². The number of anilines is 1. The maximum atomic E-state index is 9.70. The highest BCUT2D eigenvalue weighted by molar-refractivity contribution is 5.85. The van der Waals surface area contributed by atoms with E-state index in [4.69, 9.17) is 0 Å². The Morgan fingerprint density at radius 1 is 1.30 bits per heavy atom. The Balaban J connectivity index is 0.00000200. The van der Waals surface area contributed by atoms with Crippen molar-refractivity contribution in [3.63, 3.8) is 0 Å². The number of aromatic hydroxyl groups is 1. The molecule has 20 heavy (non-hydrogen) atoms. The maximum Gasteiger partial charge on any atom is 0.148 e. The predicted molar refractivity (Wildman–Crippen MR) is 84.5 cm³/mol. The fourth-order valence-electron chi connectivity index (χ4n) is 1.97. The quantitative estimate of drug-likeness (QED) is 0.886. The van der Waals surface area contributed by atoms with Crippen LogP contribution >= 0.6 is 12.4 Å². The fourth-order valence-corrected chi connectivity index (χ4v) is 1.97. The first-order valence-electron chi connectivity index (χ1n) is 6.61. The molecule has 0 radical (unpaired) electrons. The summed E-state index contributed by atoms with van der Waals surface area (Å²) < 4.78 is 2.01. The molecule has 0 spiro atoms. The smallest absolute Gasteiger partial charge is 0.148 e. The minimum absolute atomic E-state index is 0. The molecule has 4 nitrogen and oxygen atoms in total. The normalized spacial score (nSPS) is 10.4. The van der Waals surface area contributed by atoms with Crippen molar-refractivity contribution in [2.75, 3.05) is 5.32 Å². The third kappa shape index (κ3) is 4.17. The first-order valence-corrected chi connectivity index (χ1v) is 6.61. The van der Waals surface area contributed by atoms with Crippen LogP contribution in [-0.4, -0.2) is 14.9 Å². The zero-order chi connectivity index (χ0) is 13.8. The van der Waals surface area contributed by atoms with E-state index in [9.17, 15) is 5.11 Å². The maximum absolute atomic E-state index is 9.70. The van der Waals surface area contributed by atoms with Gasteiger partial charge in [-0.05, 0) is 18.9 Å². The highest BCUT2D eigenvalue weighted by Crippen LogP contribution is 2.17. The molecule has 0 aliphatic carbocycles. The summed E-state index contributed by atoms with van der Waals surface area (Å²) in [7, 11) is 0. The Bertz CT molecular complexity index is 552. The van der Waals surface area contributed by atoms with Crippen LogP contribution in [0.15, 0.2) is 30.3 Å². The molecular formula is C15H22ClN3O. The minimum atomic E-state index is 0. The Morgan fingerprint density at radius 3 is 2.65 bits per heavy atom. The number of para-hydroxylation sites is 1. The number of aromatic nitrogens is 2. The second-order valence-electron chi connectivity index (χ2n) is 5.23. The lowest BCUT2D eigenvalue weighted by Gasteiger charge is -2.07. The van der Waals surface area contributed by atoms with Gasteiger partial charge >= 0.3 is 0 Å². The van der Waals surface area contributed by atoms with Crippen molar-refractivity contribution < 1.29 is 5.11 Å². The van der Waals surface area contributed by atoms with E-state index in [0.717, 1.165) is 23.6 Å². The highest BCUT2D eigenvalue weighted by atomic mass is 35.5. The first-order chi connectivity index (χ1) is 9.06. The van der Waals surface area contributed by atoms with Crippen molar-refractivity contribution in [2.45, 2.75) is 33.9 Å². The van der Waals surface area contributed by atoms with Crippen LogP contribution in [0, 0.1) is 12.8 Å². The van der Waals surface area contributed by atoms with Crippen LogP contribution in [0.25, 0.3) is 0 Å². The zero-order valence-electron chi connectivity index (χ0n) is 12.1. The summed E-state index contributed by atoms with van der Waals surface area (Å²) in [4.78, 5) is 0. The third-order valence-corrected chi connectivity index (χ3v) is 2.97. The summed E-state index contributed by atoms with van der Waals surface area (Å²) in [6.07, 6.45) is 0. The van der Waals surface area contributed by atoms with Gasteiger partial charge in [-0.1, -0.05) is 32.0 Å². The van der Waals surface area contributed by atoms with Crippen molar-refractivity contribution in [1.82, 2.24) is 9.78 Å². The summed E-state index contributed by atoms with van der Waals surface area (Å²) in [5.74, 6) is 1.74. The predicted octanol–water partition coefficient (Wildman–Crippen LogP) is 3.59. The van der Waals surface area contributed by atoms with Crippen LogP contribution < -0.4 is 5.32 Å². The molecule has 0 unspecified atom stereocenters. The molecule has 110 valence electrons. The van der Waals surface area contributed by atoms with Gasteiger partial charge in [-0.2, -0.15) is 5.10 Å². The van der Waals surface area contributed by atoms with Crippen molar-refractivity contribution in [3.05, 3.63) is 41.6 Å². The molecular weight excluding hydrogens is 274 g/mol. The van der Waals surface area contributed by atoms with E-state index in [1.807, 2.05) is 28.9 Å². The topological polar surface area (TPSA) is 50.1 Å². The number of aryl methyl sites for hydroxylation is 1. The van der Waals surface area contributed by atoms with E-state index in [2.05, 4.69) is 31.2 Å². The summed E-state index contributed by atoms with van der Waals surface area (Å²) in [6.45, 7) is 7.90. The van der Waals surface area contributed by atoms with Crippen LogP contribution in [0.5, 0.6) is 5.75 Å². The number of nitrogens with zero attached hydrogens (tertiary/aromatic N) is 2. The van der Waals surface area contributed by atoms with Gasteiger partial charge in [0.1, 0.15) is 11.6 Å². The Morgan fingerprint density at radius 2 is 2.00 bits per heavy atom. The molecule has 2 aromatic rings. The lowest BCUT2D eigenvalue weighted by Crippen LogP contribution is -2.08. The van der Waals surface area contributed by atoms with Gasteiger partial charge in [0, 0.05) is 30.4 Å². The summed E-state index contributed by atoms with van der Waals surface area (Å²) in [5, 5.41) is 17.5. The molecule has 0 atom stereocenters. The highest BCUT2D eigenvalue weighted by Gasteiger charge is 2.06. The standard InChI is InChI=1S/C15H21N3O.ClH/c1-11(2)10-18-12(3)8-15(17-18)16-9-13-6-4-5-7-14(13)19;/h4-8,11,19H,9-10H2,1-3H3,(H,16,17);1H. The molecule has 2 N–H and O–H groups in total. The number of hydrogen-bond donors (Lipinski definition) is 2. The molecule has 0 amide bonds. The number of phenolic OH excluding ortho intramolecular Hbond substituents is 1. The van der Waals surface area contributed by atoms with Crippen LogP contribution in [0.2, 0.25) is 0 Å². The third-order valence-electron chi connectivity index (χ3n) is 2.97. The van der Waals surface area contributed by atoms with Crippen molar-refractivity contribution >= 4 is 18.2 Å². The van der Waals surface area contributed by atoms with Gasteiger partial charge in [-0.25, -0.2) is 0 Å². The van der Waals surface area contributed by atoms with Crippen molar-refractivity contribution in [1.29, 1.82) is 0 Å². The van der Waals surface area contributed by atoms with Gasteiger partial charge in [0.2, 0.25) is 0 Å². The molecule has 5 heteroatoms. The monoisotopic (exact) mass is 295 g/mol. The van der Waals surface area contributed by atoms with Crippen LogP contribution in [-0.2, 0) is 13.1 Å². The molecule has 0 saturated carbocycles. The second-order valence-corrected chi connectivity index (χ2v) is 5.23.